The molecular formula is C18H17NO3. The molecule has 0 aliphatic heterocycles. The number of amides is 1. The normalized spacial score (nSPS) is 14.2. The number of phenolic OH excluding ortho intramolecular Hbond substituents is 1. The highest BCUT2D eigenvalue weighted by atomic mass is 16.5. The fourth-order valence-corrected chi connectivity index (χ4v) is 2.57. The molecule has 112 valence electrons. The summed E-state index contributed by atoms with van der Waals surface area (Å²) in [6, 6.07) is 10.9. The number of methoxy groups -OCH3 is 1. The minimum atomic E-state index is -0.348. The fraction of sp³-hybridized carbons (Fsp3) is 0.167. The summed E-state index contributed by atoms with van der Waals surface area (Å²) >= 11 is 0. The van der Waals surface area contributed by atoms with Gasteiger partial charge in [-0.3, -0.25) is 4.79 Å². The highest BCUT2D eigenvalue weighted by molar-refractivity contribution is 6.02. The van der Waals surface area contributed by atoms with E-state index in [0.29, 0.717) is 5.70 Å². The number of carbonyl (C=O) groups excluding carboxylic acids is 1. The molecule has 22 heavy (non-hydrogen) atoms. The Morgan fingerprint density at radius 2 is 1.95 bits per heavy atom. The van der Waals surface area contributed by atoms with Gasteiger partial charge >= 0.3 is 0 Å². The van der Waals surface area contributed by atoms with Crippen LogP contribution in [0, 0.1) is 0 Å². The molecule has 2 N–H and O–H groups in total. The van der Waals surface area contributed by atoms with Crippen molar-refractivity contribution in [1.29, 1.82) is 0 Å². The van der Waals surface area contributed by atoms with Gasteiger partial charge in [-0.2, -0.15) is 0 Å². The first-order valence-corrected chi connectivity index (χ1v) is 7.16. The Morgan fingerprint density at radius 1 is 1.23 bits per heavy atom. The van der Waals surface area contributed by atoms with E-state index in [1.807, 2.05) is 36.4 Å². The SMILES string of the molecule is COC1=C(NC(=O)c2cc3ccccc3cc2O)C=CCC1. The maximum atomic E-state index is 12.4. The van der Waals surface area contributed by atoms with Crippen molar-refractivity contribution in [1.82, 2.24) is 5.32 Å². The molecule has 2 aromatic rings. The number of hydrogen-bond acceptors (Lipinski definition) is 3. The lowest BCUT2D eigenvalue weighted by Crippen LogP contribution is -2.24. The van der Waals surface area contributed by atoms with Gasteiger partial charge in [0, 0.05) is 6.42 Å². The number of ether oxygens (including phenoxy) is 1. The topological polar surface area (TPSA) is 58.6 Å². The van der Waals surface area contributed by atoms with E-state index in [4.69, 9.17) is 4.74 Å². The zero-order valence-electron chi connectivity index (χ0n) is 12.3. The van der Waals surface area contributed by atoms with E-state index in [2.05, 4.69) is 5.32 Å². The Balaban J connectivity index is 1.94. The number of allylic oxidation sites excluding steroid dienone is 3. The maximum absolute atomic E-state index is 12.4. The molecule has 0 heterocycles. The number of hydrogen-bond donors (Lipinski definition) is 2. The zero-order valence-corrected chi connectivity index (χ0v) is 12.3. The summed E-state index contributed by atoms with van der Waals surface area (Å²) in [5, 5.41) is 14.7. The van der Waals surface area contributed by atoms with Crippen LogP contribution in [0.25, 0.3) is 10.8 Å². The summed E-state index contributed by atoms with van der Waals surface area (Å²) in [6.07, 6.45) is 5.47. The molecule has 0 unspecified atom stereocenters. The second-order valence-electron chi connectivity index (χ2n) is 5.15. The second-order valence-corrected chi connectivity index (χ2v) is 5.15. The Hall–Kier alpha value is -2.75. The van der Waals surface area contributed by atoms with Crippen molar-refractivity contribution in [3.8, 4) is 5.75 Å². The van der Waals surface area contributed by atoms with E-state index in [1.54, 1.807) is 19.2 Å². The van der Waals surface area contributed by atoms with Crippen LogP contribution in [0.4, 0.5) is 0 Å². The highest BCUT2D eigenvalue weighted by Crippen LogP contribution is 2.26. The average molecular weight is 295 g/mol. The minimum Gasteiger partial charge on any atom is -0.507 e. The molecule has 4 nitrogen and oxygen atoms in total. The van der Waals surface area contributed by atoms with Crippen LogP contribution < -0.4 is 5.32 Å². The number of fused-ring (bicyclic) bond motifs is 1. The highest BCUT2D eigenvalue weighted by Gasteiger charge is 2.16. The van der Waals surface area contributed by atoms with Gasteiger partial charge in [-0.1, -0.05) is 30.3 Å². The van der Waals surface area contributed by atoms with Gasteiger partial charge in [-0.15, -0.1) is 0 Å². The largest absolute Gasteiger partial charge is 0.507 e. The van der Waals surface area contributed by atoms with Gasteiger partial charge in [0.2, 0.25) is 0 Å². The van der Waals surface area contributed by atoms with Crippen molar-refractivity contribution in [2.45, 2.75) is 12.8 Å². The molecule has 0 aromatic heterocycles. The summed E-state index contributed by atoms with van der Waals surface area (Å²) in [6.45, 7) is 0. The van der Waals surface area contributed by atoms with Crippen LogP contribution in [0.15, 0.2) is 60.0 Å². The Bertz CT molecular complexity index is 790. The molecule has 0 atom stereocenters. The van der Waals surface area contributed by atoms with E-state index < -0.39 is 0 Å². The number of nitrogens with one attached hydrogen (secondary N) is 1. The summed E-state index contributed by atoms with van der Waals surface area (Å²) < 4.78 is 5.29. The van der Waals surface area contributed by atoms with E-state index in [-0.39, 0.29) is 17.2 Å². The molecule has 2 aromatic carbocycles. The first-order chi connectivity index (χ1) is 10.7. The smallest absolute Gasteiger partial charge is 0.259 e. The number of carbonyl (C=O) groups is 1. The van der Waals surface area contributed by atoms with Crippen molar-refractivity contribution in [2.24, 2.45) is 0 Å². The Labute approximate surface area is 128 Å². The summed E-state index contributed by atoms with van der Waals surface area (Å²) in [5.74, 6) is 0.367. The van der Waals surface area contributed by atoms with Crippen molar-refractivity contribution >= 4 is 16.7 Å². The molecule has 0 bridgehead atoms. The predicted octanol–water partition coefficient (Wildman–Crippen LogP) is 3.48. The van der Waals surface area contributed by atoms with Crippen molar-refractivity contribution in [2.75, 3.05) is 7.11 Å². The standard InChI is InChI=1S/C18H17NO3/c1-22-17-9-5-4-8-15(17)19-18(21)14-10-12-6-2-3-7-13(12)11-16(14)20/h2-4,6-8,10-11,20H,5,9H2,1H3,(H,19,21). The number of aromatic hydroxyl groups is 1. The van der Waals surface area contributed by atoms with Crippen LogP contribution in [0.2, 0.25) is 0 Å². The third-order valence-corrected chi connectivity index (χ3v) is 3.73. The Morgan fingerprint density at radius 3 is 2.68 bits per heavy atom. The fourth-order valence-electron chi connectivity index (χ4n) is 2.57. The van der Waals surface area contributed by atoms with E-state index in [0.717, 1.165) is 29.4 Å². The zero-order chi connectivity index (χ0) is 15.5. The van der Waals surface area contributed by atoms with Gasteiger partial charge in [0.25, 0.3) is 5.91 Å². The monoisotopic (exact) mass is 295 g/mol. The van der Waals surface area contributed by atoms with Crippen LogP contribution in [0.3, 0.4) is 0 Å². The van der Waals surface area contributed by atoms with Gasteiger partial charge in [0.15, 0.2) is 0 Å². The molecule has 0 fully saturated rings. The first kappa shape index (κ1) is 14.2. The van der Waals surface area contributed by atoms with E-state index in [9.17, 15) is 9.90 Å². The minimum absolute atomic E-state index is 0.0319. The quantitative estimate of drug-likeness (QED) is 0.911. The molecule has 0 saturated carbocycles. The van der Waals surface area contributed by atoms with Gasteiger partial charge < -0.3 is 15.2 Å². The molecule has 0 saturated heterocycles. The molecule has 1 aliphatic carbocycles. The van der Waals surface area contributed by atoms with Gasteiger partial charge in [-0.25, -0.2) is 0 Å². The lowest BCUT2D eigenvalue weighted by atomic mass is 10.0. The summed E-state index contributed by atoms with van der Waals surface area (Å²) in [4.78, 5) is 12.4. The average Bonchev–Trinajstić information content (AvgIpc) is 2.54. The van der Waals surface area contributed by atoms with Crippen LogP contribution in [0.1, 0.15) is 23.2 Å². The van der Waals surface area contributed by atoms with Crippen LogP contribution in [-0.4, -0.2) is 18.1 Å². The van der Waals surface area contributed by atoms with Gasteiger partial charge in [0.1, 0.15) is 11.5 Å². The predicted molar refractivity (Wildman–Crippen MR) is 85.5 cm³/mol. The molecule has 3 rings (SSSR count). The van der Waals surface area contributed by atoms with Crippen molar-refractivity contribution in [3.05, 3.63) is 65.6 Å². The van der Waals surface area contributed by atoms with Crippen LogP contribution in [-0.2, 0) is 4.74 Å². The van der Waals surface area contributed by atoms with Gasteiger partial charge in [0.05, 0.1) is 18.4 Å². The van der Waals surface area contributed by atoms with Crippen LogP contribution in [0.5, 0.6) is 5.75 Å². The van der Waals surface area contributed by atoms with E-state index in [1.165, 1.54) is 0 Å². The molecule has 1 amide bonds. The number of benzene rings is 2. The molecule has 4 heteroatoms. The first-order valence-electron chi connectivity index (χ1n) is 7.16. The molecule has 1 aliphatic rings. The third-order valence-electron chi connectivity index (χ3n) is 3.73. The molecule has 0 spiro atoms. The van der Waals surface area contributed by atoms with E-state index >= 15 is 0 Å². The summed E-state index contributed by atoms with van der Waals surface area (Å²) in [5.41, 5.74) is 0.895. The number of rotatable bonds is 3. The molecular weight excluding hydrogens is 278 g/mol. The lowest BCUT2D eigenvalue weighted by molar-refractivity contribution is 0.0961. The summed E-state index contributed by atoms with van der Waals surface area (Å²) in [7, 11) is 1.59. The Kier molecular flexibility index (Phi) is 3.83. The van der Waals surface area contributed by atoms with Gasteiger partial charge in [-0.05, 0) is 35.4 Å². The second kappa shape index (κ2) is 5.93. The van der Waals surface area contributed by atoms with Crippen LogP contribution >= 0.6 is 0 Å². The maximum Gasteiger partial charge on any atom is 0.259 e. The lowest BCUT2D eigenvalue weighted by Gasteiger charge is -2.16. The van der Waals surface area contributed by atoms with Crippen molar-refractivity contribution in [3.63, 3.8) is 0 Å². The van der Waals surface area contributed by atoms with Crippen molar-refractivity contribution < 1.29 is 14.6 Å². The molecule has 0 radical (unpaired) electrons. The third kappa shape index (κ3) is 2.68. The number of phenols is 1.